The van der Waals surface area contributed by atoms with Gasteiger partial charge in [0.15, 0.2) is 0 Å². The molecule has 0 unspecified atom stereocenters. The SMILES string of the molecule is COc1cccc(S(=O)(=O)N2Cc3cccnc3C2)c1. The second-order valence-corrected chi connectivity index (χ2v) is 6.50. The molecule has 2 aromatic rings. The highest BCUT2D eigenvalue weighted by molar-refractivity contribution is 7.89. The molecule has 3 rings (SSSR count). The minimum absolute atomic E-state index is 0.240. The number of pyridine rings is 1. The Morgan fingerprint density at radius 3 is 2.80 bits per heavy atom. The van der Waals surface area contributed by atoms with Crippen LogP contribution in [0.15, 0.2) is 47.5 Å². The first kappa shape index (κ1) is 13.1. The van der Waals surface area contributed by atoms with Gasteiger partial charge in [0.2, 0.25) is 10.0 Å². The number of rotatable bonds is 3. The molecular formula is C14H14N2O3S. The molecule has 6 heteroatoms. The van der Waals surface area contributed by atoms with Crippen LogP contribution in [0.1, 0.15) is 11.3 Å². The van der Waals surface area contributed by atoms with Crippen LogP contribution in [0.4, 0.5) is 0 Å². The van der Waals surface area contributed by atoms with Gasteiger partial charge in [-0.1, -0.05) is 12.1 Å². The third-order valence-corrected chi connectivity index (χ3v) is 5.12. The van der Waals surface area contributed by atoms with E-state index < -0.39 is 10.0 Å². The van der Waals surface area contributed by atoms with Crippen molar-refractivity contribution in [3.05, 3.63) is 53.9 Å². The molecule has 0 amide bonds. The van der Waals surface area contributed by atoms with Gasteiger partial charge in [-0.2, -0.15) is 4.31 Å². The number of aromatic nitrogens is 1. The molecule has 2 heterocycles. The first-order chi connectivity index (χ1) is 9.61. The Hall–Kier alpha value is -1.92. The van der Waals surface area contributed by atoms with Crippen LogP contribution in [0.3, 0.4) is 0 Å². The van der Waals surface area contributed by atoms with Crippen LogP contribution in [-0.4, -0.2) is 24.8 Å². The van der Waals surface area contributed by atoms with E-state index in [9.17, 15) is 8.42 Å². The van der Waals surface area contributed by atoms with Crippen LogP contribution >= 0.6 is 0 Å². The number of sulfonamides is 1. The first-order valence-electron chi connectivity index (χ1n) is 6.18. The summed E-state index contributed by atoms with van der Waals surface area (Å²) >= 11 is 0. The number of nitrogens with zero attached hydrogens (tertiary/aromatic N) is 2. The van der Waals surface area contributed by atoms with E-state index in [2.05, 4.69) is 4.98 Å². The normalized spacial score (nSPS) is 15.1. The van der Waals surface area contributed by atoms with Gasteiger partial charge in [0.05, 0.1) is 24.2 Å². The molecule has 0 bridgehead atoms. The van der Waals surface area contributed by atoms with Gasteiger partial charge in [-0.15, -0.1) is 0 Å². The molecule has 0 atom stereocenters. The molecule has 0 N–H and O–H groups in total. The van der Waals surface area contributed by atoms with Crippen molar-refractivity contribution < 1.29 is 13.2 Å². The van der Waals surface area contributed by atoms with Crippen molar-refractivity contribution in [2.45, 2.75) is 18.0 Å². The van der Waals surface area contributed by atoms with Crippen LogP contribution in [0.5, 0.6) is 5.75 Å². The molecule has 1 aliphatic rings. The van der Waals surface area contributed by atoms with Crippen LogP contribution in [-0.2, 0) is 23.1 Å². The van der Waals surface area contributed by atoms with E-state index in [1.54, 1.807) is 24.4 Å². The molecule has 0 radical (unpaired) electrons. The fourth-order valence-corrected chi connectivity index (χ4v) is 3.67. The second kappa shape index (κ2) is 4.88. The van der Waals surface area contributed by atoms with Crippen molar-refractivity contribution in [3.63, 3.8) is 0 Å². The second-order valence-electron chi connectivity index (χ2n) is 4.56. The molecule has 5 nitrogen and oxygen atoms in total. The zero-order valence-corrected chi connectivity index (χ0v) is 11.8. The van der Waals surface area contributed by atoms with E-state index in [0.717, 1.165) is 11.3 Å². The molecule has 0 saturated heterocycles. The quantitative estimate of drug-likeness (QED) is 0.865. The smallest absolute Gasteiger partial charge is 0.243 e. The Labute approximate surface area is 117 Å². The standard InChI is InChI=1S/C14H14N2O3S/c1-19-12-5-2-6-13(8-12)20(17,18)16-9-11-4-3-7-15-14(11)10-16/h2-8H,9-10H2,1H3. The number of fused-ring (bicyclic) bond motifs is 1. The van der Waals surface area contributed by atoms with Gasteiger partial charge in [-0.25, -0.2) is 8.42 Å². The Balaban J connectivity index is 1.94. The minimum Gasteiger partial charge on any atom is -0.497 e. The Morgan fingerprint density at radius 1 is 1.20 bits per heavy atom. The van der Waals surface area contributed by atoms with Gasteiger partial charge in [0.25, 0.3) is 0 Å². The van der Waals surface area contributed by atoms with E-state index in [4.69, 9.17) is 4.74 Å². The van der Waals surface area contributed by atoms with Crippen molar-refractivity contribution in [1.29, 1.82) is 0 Å². The molecule has 0 fully saturated rings. The molecule has 104 valence electrons. The van der Waals surface area contributed by atoms with Crippen LogP contribution < -0.4 is 4.74 Å². The minimum atomic E-state index is -3.53. The summed E-state index contributed by atoms with van der Waals surface area (Å²) in [4.78, 5) is 4.46. The summed E-state index contributed by atoms with van der Waals surface area (Å²) in [6.07, 6.45) is 1.68. The molecule has 1 aromatic carbocycles. The fourth-order valence-electron chi connectivity index (χ4n) is 2.25. The number of methoxy groups -OCH3 is 1. The topological polar surface area (TPSA) is 59.5 Å². The number of hydrogen-bond acceptors (Lipinski definition) is 4. The monoisotopic (exact) mass is 290 g/mol. The predicted octanol–water partition coefficient (Wildman–Crippen LogP) is 1.79. The third-order valence-electron chi connectivity index (χ3n) is 3.34. The lowest BCUT2D eigenvalue weighted by atomic mass is 10.2. The van der Waals surface area contributed by atoms with Crippen molar-refractivity contribution in [1.82, 2.24) is 9.29 Å². The van der Waals surface area contributed by atoms with Gasteiger partial charge in [-0.05, 0) is 23.8 Å². The van der Waals surface area contributed by atoms with Crippen molar-refractivity contribution in [2.75, 3.05) is 7.11 Å². The summed E-state index contributed by atoms with van der Waals surface area (Å²) in [5.74, 6) is 0.529. The lowest BCUT2D eigenvalue weighted by Gasteiger charge is -2.15. The average Bonchev–Trinajstić information content (AvgIpc) is 2.92. The average molecular weight is 290 g/mol. The van der Waals surface area contributed by atoms with Crippen LogP contribution in [0, 0.1) is 0 Å². The van der Waals surface area contributed by atoms with E-state index in [-0.39, 0.29) is 4.90 Å². The fraction of sp³-hybridized carbons (Fsp3) is 0.214. The summed E-state index contributed by atoms with van der Waals surface area (Å²) in [6.45, 7) is 0.679. The number of ether oxygens (including phenoxy) is 1. The highest BCUT2D eigenvalue weighted by Crippen LogP contribution is 2.28. The van der Waals surface area contributed by atoms with Crippen LogP contribution in [0.25, 0.3) is 0 Å². The molecule has 0 spiro atoms. The maximum Gasteiger partial charge on any atom is 0.243 e. The molecule has 1 aromatic heterocycles. The summed E-state index contributed by atoms with van der Waals surface area (Å²) in [6, 6.07) is 10.2. The van der Waals surface area contributed by atoms with E-state index in [0.29, 0.717) is 18.8 Å². The molecule has 1 aliphatic heterocycles. The summed E-state index contributed by atoms with van der Waals surface area (Å²) in [5.41, 5.74) is 1.78. The first-order valence-corrected chi connectivity index (χ1v) is 7.62. The van der Waals surface area contributed by atoms with Gasteiger partial charge in [0, 0.05) is 18.8 Å². The van der Waals surface area contributed by atoms with Gasteiger partial charge in [-0.3, -0.25) is 4.98 Å². The summed E-state index contributed by atoms with van der Waals surface area (Å²) in [7, 11) is -2.01. The highest BCUT2D eigenvalue weighted by atomic mass is 32.2. The number of benzene rings is 1. The predicted molar refractivity (Wildman–Crippen MR) is 73.7 cm³/mol. The Bertz CT molecular complexity index is 719. The maximum atomic E-state index is 12.6. The molecule has 0 saturated carbocycles. The largest absolute Gasteiger partial charge is 0.497 e. The van der Waals surface area contributed by atoms with Crippen molar-refractivity contribution >= 4 is 10.0 Å². The lowest BCUT2D eigenvalue weighted by Crippen LogP contribution is -2.25. The zero-order valence-electron chi connectivity index (χ0n) is 11.0. The van der Waals surface area contributed by atoms with Gasteiger partial charge >= 0.3 is 0 Å². The van der Waals surface area contributed by atoms with Crippen LogP contribution in [0.2, 0.25) is 0 Å². The Kier molecular flexibility index (Phi) is 3.19. The maximum absolute atomic E-state index is 12.6. The Morgan fingerprint density at radius 2 is 2.05 bits per heavy atom. The summed E-state index contributed by atoms with van der Waals surface area (Å²) < 4.78 is 31.7. The van der Waals surface area contributed by atoms with E-state index in [1.165, 1.54) is 17.5 Å². The highest BCUT2D eigenvalue weighted by Gasteiger charge is 2.31. The molecular weight excluding hydrogens is 276 g/mol. The lowest BCUT2D eigenvalue weighted by molar-refractivity contribution is 0.410. The van der Waals surface area contributed by atoms with E-state index in [1.807, 2.05) is 12.1 Å². The van der Waals surface area contributed by atoms with Gasteiger partial charge in [0.1, 0.15) is 5.75 Å². The summed E-state index contributed by atoms with van der Waals surface area (Å²) in [5, 5.41) is 0. The van der Waals surface area contributed by atoms with Gasteiger partial charge < -0.3 is 4.74 Å². The zero-order chi connectivity index (χ0) is 14.2. The van der Waals surface area contributed by atoms with Crippen molar-refractivity contribution in [2.24, 2.45) is 0 Å². The third kappa shape index (κ3) is 2.17. The van der Waals surface area contributed by atoms with E-state index >= 15 is 0 Å². The molecule has 20 heavy (non-hydrogen) atoms. The number of hydrogen-bond donors (Lipinski definition) is 0. The van der Waals surface area contributed by atoms with Crippen molar-refractivity contribution in [3.8, 4) is 5.75 Å². The molecule has 0 aliphatic carbocycles.